The first-order valence-electron chi connectivity index (χ1n) is 5.16. The molecule has 0 atom stereocenters. The highest BCUT2D eigenvalue weighted by atomic mass is 19.1. The van der Waals surface area contributed by atoms with E-state index < -0.39 is 5.41 Å². The lowest BCUT2D eigenvalue weighted by atomic mass is 9.78. The molecule has 0 spiro atoms. The molecule has 0 saturated carbocycles. The van der Waals surface area contributed by atoms with Crippen molar-refractivity contribution >= 4 is 0 Å². The molecule has 1 aromatic carbocycles. The van der Waals surface area contributed by atoms with Crippen LogP contribution in [0.15, 0.2) is 24.3 Å². The van der Waals surface area contributed by atoms with Gasteiger partial charge in [-0.2, -0.15) is 0 Å². The van der Waals surface area contributed by atoms with Crippen LogP contribution < -0.4 is 0 Å². The number of hydrogen-bond acceptors (Lipinski definition) is 2. The molecule has 0 bridgehead atoms. The first kappa shape index (κ1) is 12.1. The van der Waals surface area contributed by atoms with Gasteiger partial charge in [-0.05, 0) is 24.1 Å². The van der Waals surface area contributed by atoms with Gasteiger partial charge in [0.2, 0.25) is 0 Å². The third-order valence-electron chi connectivity index (χ3n) is 2.79. The minimum absolute atomic E-state index is 0.122. The van der Waals surface area contributed by atoms with Gasteiger partial charge >= 0.3 is 0 Å². The normalized spacial score (nSPS) is 11.7. The maximum Gasteiger partial charge on any atom is 0.123 e. The minimum Gasteiger partial charge on any atom is -0.395 e. The van der Waals surface area contributed by atoms with E-state index in [2.05, 4.69) is 0 Å². The zero-order chi connectivity index (χ0) is 11.3. The lowest BCUT2D eigenvalue weighted by molar-refractivity contribution is 0.108. The predicted molar refractivity (Wildman–Crippen MR) is 57.2 cm³/mol. The molecule has 84 valence electrons. The molecular formula is C12H17FO2. The second-order valence-electron chi connectivity index (χ2n) is 3.85. The van der Waals surface area contributed by atoms with Crippen molar-refractivity contribution in [2.75, 3.05) is 13.2 Å². The van der Waals surface area contributed by atoms with E-state index in [9.17, 15) is 14.6 Å². The van der Waals surface area contributed by atoms with Crippen molar-refractivity contribution in [2.45, 2.75) is 25.2 Å². The smallest absolute Gasteiger partial charge is 0.123 e. The Balaban J connectivity index is 3.02. The van der Waals surface area contributed by atoms with E-state index in [1.807, 2.05) is 6.92 Å². The molecule has 0 fully saturated rings. The Morgan fingerprint density at radius 1 is 1.13 bits per heavy atom. The lowest BCUT2D eigenvalue weighted by Crippen LogP contribution is -2.34. The van der Waals surface area contributed by atoms with Crippen LogP contribution in [0.4, 0.5) is 4.39 Å². The summed E-state index contributed by atoms with van der Waals surface area (Å²) in [6, 6.07) is 5.95. The Labute approximate surface area is 89.4 Å². The zero-order valence-electron chi connectivity index (χ0n) is 8.91. The van der Waals surface area contributed by atoms with Gasteiger partial charge in [0.1, 0.15) is 5.82 Å². The summed E-state index contributed by atoms with van der Waals surface area (Å²) in [7, 11) is 0. The van der Waals surface area contributed by atoms with Gasteiger partial charge in [-0.25, -0.2) is 4.39 Å². The van der Waals surface area contributed by atoms with Crippen molar-refractivity contribution in [1.82, 2.24) is 0 Å². The molecule has 0 aromatic heterocycles. The summed E-state index contributed by atoms with van der Waals surface area (Å²) in [5.41, 5.74) is 0.151. The SMILES string of the molecule is CCCC(CO)(CO)c1ccc(F)cc1. The summed E-state index contributed by atoms with van der Waals surface area (Å²) in [6.07, 6.45) is 1.55. The Morgan fingerprint density at radius 2 is 1.67 bits per heavy atom. The van der Waals surface area contributed by atoms with Crippen molar-refractivity contribution in [3.63, 3.8) is 0 Å². The van der Waals surface area contributed by atoms with Crippen molar-refractivity contribution in [3.05, 3.63) is 35.6 Å². The summed E-state index contributed by atoms with van der Waals surface area (Å²) >= 11 is 0. The molecule has 3 heteroatoms. The number of halogens is 1. The van der Waals surface area contributed by atoms with E-state index in [0.29, 0.717) is 6.42 Å². The van der Waals surface area contributed by atoms with Gasteiger partial charge in [0.25, 0.3) is 0 Å². The average molecular weight is 212 g/mol. The molecule has 1 aromatic rings. The molecule has 2 nitrogen and oxygen atoms in total. The molecule has 0 aliphatic carbocycles. The molecule has 0 aliphatic heterocycles. The molecule has 2 N–H and O–H groups in total. The Kier molecular flexibility index (Phi) is 4.24. The Bertz CT molecular complexity index is 291. The second kappa shape index (κ2) is 5.24. The molecule has 0 saturated heterocycles. The van der Waals surface area contributed by atoms with Crippen LogP contribution in [0.2, 0.25) is 0 Å². The van der Waals surface area contributed by atoms with Gasteiger partial charge in [0.05, 0.1) is 13.2 Å². The largest absolute Gasteiger partial charge is 0.395 e. The van der Waals surface area contributed by atoms with Gasteiger partial charge in [0.15, 0.2) is 0 Å². The van der Waals surface area contributed by atoms with Crippen molar-refractivity contribution < 1.29 is 14.6 Å². The molecule has 1 rings (SSSR count). The Morgan fingerprint density at radius 3 is 2.07 bits per heavy atom. The molecular weight excluding hydrogens is 195 g/mol. The number of aliphatic hydroxyl groups is 2. The maximum atomic E-state index is 12.7. The monoisotopic (exact) mass is 212 g/mol. The van der Waals surface area contributed by atoms with E-state index in [-0.39, 0.29) is 19.0 Å². The number of aliphatic hydroxyl groups excluding tert-OH is 2. The van der Waals surface area contributed by atoms with Crippen LogP contribution in [0, 0.1) is 5.82 Å². The van der Waals surface area contributed by atoms with Gasteiger partial charge < -0.3 is 10.2 Å². The highest BCUT2D eigenvalue weighted by Crippen LogP contribution is 2.28. The number of rotatable bonds is 5. The molecule has 0 radical (unpaired) electrons. The zero-order valence-corrected chi connectivity index (χ0v) is 8.91. The summed E-state index contributed by atoms with van der Waals surface area (Å²) in [6.45, 7) is 1.75. The van der Waals surface area contributed by atoms with Crippen LogP contribution in [0.25, 0.3) is 0 Å². The average Bonchev–Trinajstić information content (AvgIpc) is 2.27. The van der Waals surface area contributed by atoms with Crippen LogP contribution in [0.1, 0.15) is 25.3 Å². The third kappa shape index (κ3) is 2.55. The van der Waals surface area contributed by atoms with Crippen molar-refractivity contribution in [1.29, 1.82) is 0 Å². The number of benzene rings is 1. The van der Waals surface area contributed by atoms with E-state index in [4.69, 9.17) is 0 Å². The van der Waals surface area contributed by atoms with E-state index >= 15 is 0 Å². The van der Waals surface area contributed by atoms with Gasteiger partial charge in [-0.15, -0.1) is 0 Å². The summed E-state index contributed by atoms with van der Waals surface area (Å²) < 4.78 is 12.7. The quantitative estimate of drug-likeness (QED) is 0.782. The van der Waals surface area contributed by atoms with Gasteiger partial charge in [0, 0.05) is 5.41 Å². The third-order valence-corrected chi connectivity index (χ3v) is 2.79. The standard InChI is InChI=1S/C12H17FO2/c1-2-7-12(8-14,9-15)10-3-5-11(13)6-4-10/h3-6,14-15H,2,7-9H2,1H3. The van der Waals surface area contributed by atoms with Crippen LogP contribution >= 0.6 is 0 Å². The minimum atomic E-state index is -0.636. The van der Waals surface area contributed by atoms with Gasteiger partial charge in [-0.1, -0.05) is 25.5 Å². The fourth-order valence-corrected chi connectivity index (χ4v) is 1.82. The topological polar surface area (TPSA) is 40.5 Å². The molecule has 15 heavy (non-hydrogen) atoms. The maximum absolute atomic E-state index is 12.7. The second-order valence-corrected chi connectivity index (χ2v) is 3.85. The first-order chi connectivity index (χ1) is 7.18. The molecule has 0 unspecified atom stereocenters. The van der Waals surface area contributed by atoms with E-state index in [1.54, 1.807) is 12.1 Å². The highest BCUT2D eigenvalue weighted by Gasteiger charge is 2.29. The summed E-state index contributed by atoms with van der Waals surface area (Å²) in [4.78, 5) is 0. The lowest BCUT2D eigenvalue weighted by Gasteiger charge is -2.30. The van der Waals surface area contributed by atoms with Crippen LogP contribution in [-0.2, 0) is 5.41 Å². The summed E-state index contributed by atoms with van der Waals surface area (Å²) in [5, 5.41) is 18.8. The molecule has 0 amide bonds. The molecule has 0 heterocycles. The van der Waals surface area contributed by atoms with E-state index in [0.717, 1.165) is 12.0 Å². The number of hydrogen-bond donors (Lipinski definition) is 2. The van der Waals surface area contributed by atoms with Crippen LogP contribution in [-0.4, -0.2) is 23.4 Å². The van der Waals surface area contributed by atoms with Crippen molar-refractivity contribution in [2.24, 2.45) is 0 Å². The van der Waals surface area contributed by atoms with Crippen LogP contribution in [0.5, 0.6) is 0 Å². The van der Waals surface area contributed by atoms with Crippen LogP contribution in [0.3, 0.4) is 0 Å². The Hall–Kier alpha value is -0.930. The summed E-state index contributed by atoms with van der Waals surface area (Å²) in [5.74, 6) is -0.306. The van der Waals surface area contributed by atoms with Crippen molar-refractivity contribution in [3.8, 4) is 0 Å². The fraction of sp³-hybridized carbons (Fsp3) is 0.500. The van der Waals surface area contributed by atoms with Gasteiger partial charge in [-0.3, -0.25) is 0 Å². The predicted octanol–water partition coefficient (Wildman–Crippen LogP) is 1.85. The fourth-order valence-electron chi connectivity index (χ4n) is 1.82. The molecule has 0 aliphatic rings. The van der Waals surface area contributed by atoms with E-state index in [1.165, 1.54) is 12.1 Å². The first-order valence-corrected chi connectivity index (χ1v) is 5.16. The highest BCUT2D eigenvalue weighted by molar-refractivity contribution is 5.26.